The normalized spacial score (nSPS) is 13.1. The molecule has 0 radical (unpaired) electrons. The number of nitriles is 1. The smallest absolute Gasteiger partial charge is 0.260 e. The van der Waals surface area contributed by atoms with Crippen molar-refractivity contribution in [2.24, 2.45) is 0 Å². The van der Waals surface area contributed by atoms with Crippen molar-refractivity contribution in [1.29, 1.82) is 5.26 Å². The summed E-state index contributed by atoms with van der Waals surface area (Å²) in [5.74, 6) is 3.02. The number of aromatic nitrogens is 2. The lowest BCUT2D eigenvalue weighted by Crippen LogP contribution is -2.65. The largest absolute Gasteiger partial charge is 0.459 e. The van der Waals surface area contributed by atoms with E-state index in [1.54, 1.807) is 0 Å². The standard InChI is InChI=1S/C115H87B2N5O2/c1-113(2,3)80-52-57-97-90(64-80)91-65-81(114(4,5)6)53-58-98(91)120(97)103-63-79(73-34-18-11-19-35-73)62-94-111(103)124-105-69-102-107(112-108(105)116(94)93-61-78(51-59-104(93)123-112)72-32-16-10-17-33-72)117-92-55-54-83(119-95-49-29-28-44-88(95)89-60-71(70-118)50-56-96(89)119)68-99(92)121(109-84(74-36-20-12-21-37-74)45-30-46-85(109)75-38-22-13-23-39-75)100-66-82(115(7,8)9)67-101(106(100)117)122(102)110-86(76-40-24-14-25-41-76)47-31-48-87(110)77-42-26-15-27-43-77/h10-69H,1-9H3. The number of anilines is 6. The van der Waals surface area contributed by atoms with Crippen molar-refractivity contribution < 1.29 is 9.47 Å². The molecule has 0 saturated heterocycles. The zero-order valence-electron chi connectivity index (χ0n) is 70.8. The lowest BCUT2D eigenvalue weighted by molar-refractivity contribution is 0.466. The number of nitrogens with zero attached hydrogens (tertiary/aromatic N) is 5. The minimum absolute atomic E-state index is 0.122. The molecular formula is C115H87B2N5O2. The highest BCUT2D eigenvalue weighted by atomic mass is 16.5. The summed E-state index contributed by atoms with van der Waals surface area (Å²) in [6.07, 6.45) is 0. The van der Waals surface area contributed by atoms with Gasteiger partial charge < -0.3 is 28.4 Å². The molecule has 19 aromatic rings. The average molecular weight is 1590 g/mol. The van der Waals surface area contributed by atoms with Crippen molar-refractivity contribution in [2.75, 3.05) is 9.80 Å². The molecule has 0 aliphatic carbocycles. The third kappa shape index (κ3) is 11.7. The van der Waals surface area contributed by atoms with E-state index in [-0.39, 0.29) is 10.8 Å². The molecule has 4 aliphatic rings. The Hall–Kier alpha value is -14.8. The van der Waals surface area contributed by atoms with Gasteiger partial charge in [0.05, 0.1) is 50.8 Å². The van der Waals surface area contributed by atoms with Gasteiger partial charge in [-0.05, 0) is 190 Å². The van der Waals surface area contributed by atoms with Gasteiger partial charge in [0.2, 0.25) is 0 Å². The number of hydrogen-bond acceptors (Lipinski definition) is 5. The van der Waals surface area contributed by atoms with Crippen LogP contribution in [-0.4, -0.2) is 22.6 Å². The highest BCUT2D eigenvalue weighted by molar-refractivity contribution is 7.03. The summed E-state index contributed by atoms with van der Waals surface area (Å²) in [5.41, 5.74) is 35.2. The van der Waals surface area contributed by atoms with Crippen molar-refractivity contribution >= 4 is 124 Å². The van der Waals surface area contributed by atoms with Gasteiger partial charge in [-0.1, -0.05) is 335 Å². The first-order chi connectivity index (χ1) is 60.4. The summed E-state index contributed by atoms with van der Waals surface area (Å²) in [4.78, 5) is 5.30. The lowest BCUT2D eigenvalue weighted by atomic mass is 9.30. The zero-order valence-corrected chi connectivity index (χ0v) is 70.8. The minimum atomic E-state index is -0.512. The number of para-hydroxylation sites is 3. The third-order valence-electron chi connectivity index (χ3n) is 26.5. The van der Waals surface area contributed by atoms with Crippen LogP contribution in [0.2, 0.25) is 0 Å². The van der Waals surface area contributed by atoms with Crippen LogP contribution in [0.5, 0.6) is 23.0 Å². The van der Waals surface area contributed by atoms with E-state index in [2.05, 4.69) is 445 Å². The molecule has 0 bridgehead atoms. The van der Waals surface area contributed by atoms with Crippen LogP contribution in [-0.2, 0) is 16.2 Å². The van der Waals surface area contributed by atoms with E-state index in [9.17, 15) is 5.26 Å². The van der Waals surface area contributed by atoms with Crippen molar-refractivity contribution in [3.05, 3.63) is 386 Å². The summed E-state index contributed by atoms with van der Waals surface area (Å²) in [6, 6.07) is 138. The Kier molecular flexibility index (Phi) is 16.8. The molecule has 23 rings (SSSR count). The summed E-state index contributed by atoms with van der Waals surface area (Å²) in [6.45, 7) is 20.0. The van der Waals surface area contributed by atoms with Gasteiger partial charge >= 0.3 is 0 Å². The fourth-order valence-corrected chi connectivity index (χ4v) is 20.4. The molecule has 0 fully saturated rings. The first kappa shape index (κ1) is 74.2. The molecule has 0 atom stereocenters. The molecule has 124 heavy (non-hydrogen) atoms. The molecule has 4 aliphatic heterocycles. The molecule has 0 N–H and O–H groups in total. The quantitative estimate of drug-likeness (QED) is 0.128. The van der Waals surface area contributed by atoms with Gasteiger partial charge in [-0.25, -0.2) is 0 Å². The first-order valence-electron chi connectivity index (χ1n) is 43.3. The molecule has 6 heterocycles. The van der Waals surface area contributed by atoms with E-state index < -0.39 is 18.8 Å². The zero-order chi connectivity index (χ0) is 83.8. The SMILES string of the molecule is CC(C)(C)c1cc2c3c(c1)N(c1c(-c4ccccc4)cccc1-c1ccccc1)c1cc4c5c(c1B3c1ccc(-n3c6ccccc6c6cc(C#N)ccc63)cc1N2c1c(-c2ccccc2)cccc1-c1ccccc1)Oc1ccc(-c2ccccc2)cc1B5c1cc(-c2ccccc2)cc(-n2c3ccc(C(C)(C)C)cc3c3cc(C(C)(C)C)ccc32)c1O4. The van der Waals surface area contributed by atoms with Gasteiger partial charge in [0.1, 0.15) is 23.0 Å². The molecule has 0 amide bonds. The lowest BCUT2D eigenvalue weighted by Gasteiger charge is -2.48. The van der Waals surface area contributed by atoms with Gasteiger partial charge in [0.15, 0.2) is 0 Å². The van der Waals surface area contributed by atoms with Crippen LogP contribution in [0.3, 0.4) is 0 Å². The summed E-state index contributed by atoms with van der Waals surface area (Å²) < 4.78 is 21.7. The highest BCUT2D eigenvalue weighted by Crippen LogP contribution is 2.57. The van der Waals surface area contributed by atoms with Gasteiger partial charge in [0.25, 0.3) is 13.4 Å². The fraction of sp³-hybridized carbons (Fsp3) is 0.104. The molecule has 9 heteroatoms. The van der Waals surface area contributed by atoms with Gasteiger partial charge in [-0.3, -0.25) is 0 Å². The number of hydrogen-bond donors (Lipinski definition) is 0. The van der Waals surface area contributed by atoms with Crippen molar-refractivity contribution in [3.63, 3.8) is 0 Å². The van der Waals surface area contributed by atoms with E-state index in [1.165, 1.54) is 21.9 Å². The Balaban J connectivity index is 0.896. The van der Waals surface area contributed by atoms with Crippen LogP contribution in [0, 0.1) is 11.3 Å². The first-order valence-corrected chi connectivity index (χ1v) is 43.3. The molecule has 7 nitrogen and oxygen atoms in total. The Labute approximate surface area is 724 Å². The summed E-state index contributed by atoms with van der Waals surface area (Å²) in [5, 5.41) is 15.1. The Bertz CT molecular complexity index is 7490. The molecule has 17 aromatic carbocycles. The fourth-order valence-electron chi connectivity index (χ4n) is 20.4. The van der Waals surface area contributed by atoms with Crippen LogP contribution in [0.15, 0.2) is 364 Å². The second-order valence-corrected chi connectivity index (χ2v) is 37.0. The van der Waals surface area contributed by atoms with Crippen molar-refractivity contribution in [1.82, 2.24) is 9.13 Å². The number of benzene rings is 17. The molecule has 590 valence electrons. The molecule has 0 unspecified atom stereocenters. The van der Waals surface area contributed by atoms with Gasteiger partial charge in [0, 0.05) is 83.8 Å². The van der Waals surface area contributed by atoms with Crippen LogP contribution < -0.4 is 52.1 Å². The van der Waals surface area contributed by atoms with E-state index in [1.807, 2.05) is 6.07 Å². The summed E-state index contributed by atoms with van der Waals surface area (Å²) >= 11 is 0. The third-order valence-corrected chi connectivity index (χ3v) is 26.5. The van der Waals surface area contributed by atoms with Gasteiger partial charge in [-0.15, -0.1) is 0 Å². The second-order valence-electron chi connectivity index (χ2n) is 37.0. The van der Waals surface area contributed by atoms with Crippen LogP contribution >= 0.6 is 0 Å². The van der Waals surface area contributed by atoms with Gasteiger partial charge in [-0.2, -0.15) is 5.26 Å². The van der Waals surface area contributed by atoms with Crippen molar-refractivity contribution in [2.45, 2.75) is 78.6 Å². The predicted molar refractivity (Wildman–Crippen MR) is 520 cm³/mol. The Morgan fingerprint density at radius 1 is 0.266 bits per heavy atom. The maximum absolute atomic E-state index is 10.6. The molecule has 2 aromatic heterocycles. The molecule has 0 spiro atoms. The molecule has 0 saturated carbocycles. The topological polar surface area (TPSA) is 58.6 Å². The average Bonchev–Trinajstić information content (AvgIpc) is 0.729. The Morgan fingerprint density at radius 3 is 1.23 bits per heavy atom. The van der Waals surface area contributed by atoms with E-state index >= 15 is 0 Å². The Morgan fingerprint density at radius 2 is 0.710 bits per heavy atom. The predicted octanol–water partition coefficient (Wildman–Crippen LogP) is 26.5. The number of ether oxygens (including phenoxy) is 2. The van der Waals surface area contributed by atoms with Crippen molar-refractivity contribution in [3.8, 4) is 107 Å². The number of fused-ring (bicyclic) bond motifs is 15. The number of rotatable bonds is 10. The van der Waals surface area contributed by atoms with E-state index in [0.717, 1.165) is 201 Å². The maximum atomic E-state index is 10.6. The van der Waals surface area contributed by atoms with Crippen LogP contribution in [0.25, 0.3) is 122 Å². The van der Waals surface area contributed by atoms with Crippen LogP contribution in [0.4, 0.5) is 34.1 Å². The summed E-state index contributed by atoms with van der Waals surface area (Å²) in [7, 11) is 0. The van der Waals surface area contributed by atoms with E-state index in [4.69, 9.17) is 9.47 Å². The highest BCUT2D eigenvalue weighted by Gasteiger charge is 2.52. The molecular weight excluding hydrogens is 1500 g/mol. The van der Waals surface area contributed by atoms with E-state index in [0.29, 0.717) is 11.3 Å². The monoisotopic (exact) mass is 1590 g/mol. The second kappa shape index (κ2) is 28.1. The maximum Gasteiger partial charge on any atom is 0.260 e. The minimum Gasteiger partial charge on any atom is -0.459 e. The van der Waals surface area contributed by atoms with Crippen LogP contribution in [0.1, 0.15) is 84.6 Å².